The van der Waals surface area contributed by atoms with Crippen molar-refractivity contribution < 1.29 is 0 Å². The Labute approximate surface area is 78.4 Å². The van der Waals surface area contributed by atoms with Crippen molar-refractivity contribution >= 4 is 5.69 Å². The number of nitrogens with one attached hydrogen (secondary N) is 1. The molecule has 72 valence electrons. The molecule has 13 heavy (non-hydrogen) atoms. The van der Waals surface area contributed by atoms with Crippen molar-refractivity contribution in [2.24, 2.45) is 7.05 Å². The largest absolute Gasteiger partial charge is 0.381 e. The predicted molar refractivity (Wildman–Crippen MR) is 55.1 cm³/mol. The molecular formula is C10H16N2O. The van der Waals surface area contributed by atoms with Gasteiger partial charge in [0.05, 0.1) is 5.69 Å². The molecule has 3 heteroatoms. The lowest BCUT2D eigenvalue weighted by molar-refractivity contribution is 0.758. The first-order valence-electron chi connectivity index (χ1n) is 4.56. The van der Waals surface area contributed by atoms with Gasteiger partial charge in [0.25, 0.3) is 0 Å². The van der Waals surface area contributed by atoms with Crippen molar-refractivity contribution in [2.45, 2.75) is 26.3 Å². The first-order valence-corrected chi connectivity index (χ1v) is 4.56. The van der Waals surface area contributed by atoms with Crippen LogP contribution >= 0.6 is 0 Å². The number of aromatic nitrogens is 1. The second kappa shape index (κ2) is 4.12. The molecule has 1 rings (SSSR count). The van der Waals surface area contributed by atoms with Crippen molar-refractivity contribution in [3.8, 4) is 0 Å². The van der Waals surface area contributed by atoms with Crippen LogP contribution in [0, 0.1) is 0 Å². The molecule has 0 amide bonds. The van der Waals surface area contributed by atoms with Gasteiger partial charge in [-0.2, -0.15) is 0 Å². The SMILES string of the molecule is CCC(C)Nc1ccc(=O)n(C)c1. The number of nitrogens with zero attached hydrogens (tertiary/aromatic N) is 1. The molecule has 0 aliphatic rings. The molecule has 0 bridgehead atoms. The lowest BCUT2D eigenvalue weighted by Gasteiger charge is -2.13. The Kier molecular flexibility index (Phi) is 3.12. The minimum atomic E-state index is 0.0229. The first-order chi connectivity index (χ1) is 6.13. The van der Waals surface area contributed by atoms with E-state index in [-0.39, 0.29) is 5.56 Å². The topological polar surface area (TPSA) is 34.0 Å². The second-order valence-corrected chi connectivity index (χ2v) is 3.32. The summed E-state index contributed by atoms with van der Waals surface area (Å²) in [5, 5.41) is 3.30. The van der Waals surface area contributed by atoms with E-state index < -0.39 is 0 Å². The number of hydrogen-bond donors (Lipinski definition) is 1. The van der Waals surface area contributed by atoms with Gasteiger partial charge in [-0.3, -0.25) is 4.79 Å². The molecule has 0 saturated heterocycles. The van der Waals surface area contributed by atoms with E-state index in [1.165, 1.54) is 0 Å². The third-order valence-electron chi connectivity index (χ3n) is 2.11. The summed E-state index contributed by atoms with van der Waals surface area (Å²) in [5.41, 5.74) is 1.02. The normalized spacial score (nSPS) is 12.5. The maximum absolute atomic E-state index is 11.1. The van der Waals surface area contributed by atoms with Crippen LogP contribution in [0.2, 0.25) is 0 Å². The summed E-state index contributed by atoms with van der Waals surface area (Å²) in [5.74, 6) is 0. The van der Waals surface area contributed by atoms with E-state index in [0.717, 1.165) is 12.1 Å². The van der Waals surface area contributed by atoms with E-state index in [0.29, 0.717) is 6.04 Å². The Morgan fingerprint density at radius 1 is 1.54 bits per heavy atom. The van der Waals surface area contributed by atoms with Gasteiger partial charge >= 0.3 is 0 Å². The molecule has 0 aliphatic carbocycles. The summed E-state index contributed by atoms with van der Waals surface area (Å²) in [6.07, 6.45) is 2.89. The van der Waals surface area contributed by atoms with Gasteiger partial charge in [0.15, 0.2) is 0 Å². The number of anilines is 1. The van der Waals surface area contributed by atoms with E-state index in [4.69, 9.17) is 0 Å². The molecule has 1 heterocycles. The summed E-state index contributed by atoms with van der Waals surface area (Å²) >= 11 is 0. The molecule has 0 aliphatic heterocycles. The number of hydrogen-bond acceptors (Lipinski definition) is 2. The van der Waals surface area contributed by atoms with E-state index in [9.17, 15) is 4.79 Å². The molecule has 1 aromatic heterocycles. The van der Waals surface area contributed by atoms with Gasteiger partial charge in [-0.15, -0.1) is 0 Å². The summed E-state index contributed by atoms with van der Waals surface area (Å²) in [6.45, 7) is 4.24. The molecule has 1 N–H and O–H groups in total. The second-order valence-electron chi connectivity index (χ2n) is 3.32. The molecule has 0 radical (unpaired) electrons. The lowest BCUT2D eigenvalue weighted by atomic mass is 10.2. The Balaban J connectivity index is 2.79. The van der Waals surface area contributed by atoms with Crippen molar-refractivity contribution in [1.29, 1.82) is 0 Å². The smallest absolute Gasteiger partial charge is 0.250 e. The van der Waals surface area contributed by atoms with Gasteiger partial charge in [0, 0.05) is 25.4 Å². The minimum Gasteiger partial charge on any atom is -0.381 e. The number of aryl methyl sites for hydroxylation is 1. The molecule has 1 atom stereocenters. The van der Waals surface area contributed by atoms with Gasteiger partial charge in [-0.1, -0.05) is 6.92 Å². The van der Waals surface area contributed by atoms with Crippen molar-refractivity contribution in [3.63, 3.8) is 0 Å². The molecule has 1 unspecified atom stereocenters. The lowest BCUT2D eigenvalue weighted by Crippen LogP contribution is -2.18. The van der Waals surface area contributed by atoms with Crippen LogP contribution in [0.25, 0.3) is 0 Å². The zero-order valence-corrected chi connectivity index (χ0v) is 8.37. The minimum absolute atomic E-state index is 0.0229. The predicted octanol–water partition coefficient (Wildman–Crippen LogP) is 1.60. The van der Waals surface area contributed by atoms with E-state index in [1.54, 1.807) is 17.7 Å². The maximum atomic E-state index is 11.1. The molecule has 0 fully saturated rings. The molecule has 1 aromatic rings. The van der Waals surface area contributed by atoms with E-state index >= 15 is 0 Å². The highest BCUT2D eigenvalue weighted by Gasteiger charge is 1.98. The quantitative estimate of drug-likeness (QED) is 0.766. The highest BCUT2D eigenvalue weighted by molar-refractivity contribution is 5.40. The zero-order chi connectivity index (χ0) is 9.84. The summed E-state index contributed by atoms with van der Waals surface area (Å²) in [4.78, 5) is 11.1. The van der Waals surface area contributed by atoms with Crippen molar-refractivity contribution in [3.05, 3.63) is 28.7 Å². The van der Waals surface area contributed by atoms with Crippen LogP contribution in [0.5, 0.6) is 0 Å². The van der Waals surface area contributed by atoms with Crippen LogP contribution in [0.4, 0.5) is 5.69 Å². The van der Waals surface area contributed by atoms with Gasteiger partial charge in [0.2, 0.25) is 5.56 Å². The fraction of sp³-hybridized carbons (Fsp3) is 0.500. The van der Waals surface area contributed by atoms with Crippen LogP contribution < -0.4 is 10.9 Å². The molecule has 0 saturated carbocycles. The van der Waals surface area contributed by atoms with Crippen molar-refractivity contribution in [1.82, 2.24) is 4.57 Å². The first kappa shape index (κ1) is 9.84. The van der Waals surface area contributed by atoms with E-state index in [1.807, 2.05) is 12.3 Å². The Hall–Kier alpha value is -1.25. The standard InChI is InChI=1S/C10H16N2O/c1-4-8(2)11-9-5-6-10(13)12(3)7-9/h5-8,11H,4H2,1-3H3. The van der Waals surface area contributed by atoms with Gasteiger partial charge < -0.3 is 9.88 Å². The highest BCUT2D eigenvalue weighted by Crippen LogP contribution is 2.05. The fourth-order valence-corrected chi connectivity index (χ4v) is 1.07. The summed E-state index contributed by atoms with van der Waals surface area (Å²) < 4.78 is 1.57. The van der Waals surface area contributed by atoms with Crippen LogP contribution in [-0.2, 0) is 7.05 Å². The molecule has 0 spiro atoms. The molecule has 0 aromatic carbocycles. The van der Waals surface area contributed by atoms with Crippen LogP contribution in [0.15, 0.2) is 23.1 Å². The summed E-state index contributed by atoms with van der Waals surface area (Å²) in [7, 11) is 1.75. The van der Waals surface area contributed by atoms with Gasteiger partial charge in [-0.05, 0) is 19.4 Å². The Morgan fingerprint density at radius 3 is 2.77 bits per heavy atom. The summed E-state index contributed by atoms with van der Waals surface area (Å²) in [6, 6.07) is 3.83. The molecule has 3 nitrogen and oxygen atoms in total. The maximum Gasteiger partial charge on any atom is 0.250 e. The number of pyridine rings is 1. The number of rotatable bonds is 3. The fourth-order valence-electron chi connectivity index (χ4n) is 1.07. The highest BCUT2D eigenvalue weighted by atomic mass is 16.1. The van der Waals surface area contributed by atoms with Crippen LogP contribution in [0.1, 0.15) is 20.3 Å². The average molecular weight is 180 g/mol. The Bertz CT molecular complexity index is 330. The zero-order valence-electron chi connectivity index (χ0n) is 8.37. The van der Waals surface area contributed by atoms with Crippen LogP contribution in [-0.4, -0.2) is 10.6 Å². The Morgan fingerprint density at radius 2 is 2.23 bits per heavy atom. The van der Waals surface area contributed by atoms with Gasteiger partial charge in [-0.25, -0.2) is 0 Å². The van der Waals surface area contributed by atoms with E-state index in [2.05, 4.69) is 19.2 Å². The average Bonchev–Trinajstić information content (AvgIpc) is 2.11. The molecular weight excluding hydrogens is 164 g/mol. The third-order valence-corrected chi connectivity index (χ3v) is 2.11. The van der Waals surface area contributed by atoms with Gasteiger partial charge in [0.1, 0.15) is 0 Å². The third kappa shape index (κ3) is 2.61. The van der Waals surface area contributed by atoms with Crippen LogP contribution in [0.3, 0.4) is 0 Å². The van der Waals surface area contributed by atoms with Crippen molar-refractivity contribution in [2.75, 3.05) is 5.32 Å². The monoisotopic (exact) mass is 180 g/mol.